The highest BCUT2D eigenvalue weighted by molar-refractivity contribution is 6.06. The zero-order valence-corrected chi connectivity index (χ0v) is 12.9. The Morgan fingerprint density at radius 3 is 2.48 bits per heavy atom. The van der Waals surface area contributed by atoms with Crippen LogP contribution >= 0.6 is 0 Å². The zero-order chi connectivity index (χ0) is 15.6. The molecule has 0 radical (unpaired) electrons. The summed E-state index contributed by atoms with van der Waals surface area (Å²) in [5.74, 6) is 0.858. The average Bonchev–Trinajstić information content (AvgIpc) is 2.72. The topological polar surface area (TPSA) is 65.4 Å². The largest absolute Gasteiger partial charge is 0.497 e. The summed E-state index contributed by atoms with van der Waals surface area (Å²) >= 11 is 0. The number of nitrogens with zero attached hydrogens (tertiary/aromatic N) is 2. The zero-order valence-electron chi connectivity index (χ0n) is 12.9. The van der Waals surface area contributed by atoms with Gasteiger partial charge in [-0.2, -0.15) is 5.10 Å². The highest BCUT2D eigenvalue weighted by Crippen LogP contribution is 2.26. The predicted octanol–water partition coefficient (Wildman–Crippen LogP) is 2.31. The van der Waals surface area contributed by atoms with Crippen molar-refractivity contribution in [2.24, 2.45) is 7.05 Å². The van der Waals surface area contributed by atoms with E-state index < -0.39 is 0 Å². The van der Waals surface area contributed by atoms with Crippen molar-refractivity contribution in [3.8, 4) is 11.5 Å². The minimum Gasteiger partial charge on any atom is -0.497 e. The molecule has 0 atom stereocenters. The molecule has 0 saturated heterocycles. The Labute approximate surface area is 123 Å². The molecule has 0 spiro atoms. The molecular weight excluding hydrogens is 270 g/mol. The van der Waals surface area contributed by atoms with E-state index in [1.54, 1.807) is 30.0 Å². The van der Waals surface area contributed by atoms with Gasteiger partial charge in [0.1, 0.15) is 11.5 Å². The van der Waals surface area contributed by atoms with E-state index in [4.69, 9.17) is 9.47 Å². The van der Waals surface area contributed by atoms with E-state index in [1.165, 1.54) is 7.11 Å². The van der Waals surface area contributed by atoms with Crippen molar-refractivity contribution in [1.82, 2.24) is 9.78 Å². The molecule has 1 aromatic carbocycles. The van der Waals surface area contributed by atoms with Crippen molar-refractivity contribution in [3.63, 3.8) is 0 Å². The van der Waals surface area contributed by atoms with Gasteiger partial charge in [0.05, 0.1) is 36.9 Å². The van der Waals surface area contributed by atoms with Crippen LogP contribution in [0.5, 0.6) is 11.5 Å². The maximum atomic E-state index is 12.4. The van der Waals surface area contributed by atoms with Crippen molar-refractivity contribution < 1.29 is 14.3 Å². The summed E-state index contributed by atoms with van der Waals surface area (Å²) in [4.78, 5) is 12.4. The molecule has 0 bridgehead atoms. The van der Waals surface area contributed by atoms with Crippen LogP contribution in [0.3, 0.4) is 0 Å². The molecule has 0 unspecified atom stereocenters. The van der Waals surface area contributed by atoms with Crippen molar-refractivity contribution in [1.29, 1.82) is 0 Å². The fourth-order valence-electron chi connectivity index (χ4n) is 2.12. The van der Waals surface area contributed by atoms with E-state index in [0.29, 0.717) is 17.1 Å². The molecule has 0 aliphatic rings. The van der Waals surface area contributed by atoms with Crippen molar-refractivity contribution in [3.05, 3.63) is 35.2 Å². The van der Waals surface area contributed by atoms with Crippen LogP contribution in [0.1, 0.15) is 21.7 Å². The van der Waals surface area contributed by atoms with Gasteiger partial charge in [-0.25, -0.2) is 0 Å². The molecule has 0 fully saturated rings. The Morgan fingerprint density at radius 2 is 1.95 bits per heavy atom. The molecule has 2 aromatic rings. The number of carbonyl (C=O) groups is 1. The number of carbonyl (C=O) groups excluding carboxylic acids is 1. The number of nitrogens with one attached hydrogen (secondary N) is 1. The SMILES string of the molecule is COc1ccc(C(=O)Nc2c(C)nn(C)c2C)c(OC)c1. The monoisotopic (exact) mass is 289 g/mol. The molecule has 1 aromatic heterocycles. The summed E-state index contributed by atoms with van der Waals surface area (Å²) in [7, 11) is 4.93. The normalized spacial score (nSPS) is 10.3. The Morgan fingerprint density at radius 1 is 1.24 bits per heavy atom. The van der Waals surface area contributed by atoms with Crippen LogP contribution in [0.2, 0.25) is 0 Å². The molecule has 2 rings (SSSR count). The van der Waals surface area contributed by atoms with E-state index in [0.717, 1.165) is 17.1 Å². The standard InChI is InChI=1S/C15H19N3O3/c1-9-14(10(2)18(3)17-9)16-15(19)12-7-6-11(20-4)8-13(12)21-5/h6-8H,1-5H3,(H,16,19). The summed E-state index contributed by atoms with van der Waals surface area (Å²) in [6.07, 6.45) is 0. The molecule has 112 valence electrons. The maximum absolute atomic E-state index is 12.4. The molecule has 1 amide bonds. The van der Waals surface area contributed by atoms with E-state index in [9.17, 15) is 4.79 Å². The summed E-state index contributed by atoms with van der Waals surface area (Å²) in [6, 6.07) is 5.08. The summed E-state index contributed by atoms with van der Waals surface area (Å²) < 4.78 is 12.1. The quantitative estimate of drug-likeness (QED) is 0.938. The van der Waals surface area contributed by atoms with E-state index in [1.807, 2.05) is 20.9 Å². The van der Waals surface area contributed by atoms with Crippen LogP contribution in [-0.2, 0) is 7.05 Å². The van der Waals surface area contributed by atoms with Gasteiger partial charge < -0.3 is 14.8 Å². The van der Waals surface area contributed by atoms with Crippen LogP contribution < -0.4 is 14.8 Å². The number of aromatic nitrogens is 2. The second-order valence-corrected chi connectivity index (χ2v) is 4.69. The lowest BCUT2D eigenvalue weighted by Crippen LogP contribution is -2.14. The van der Waals surface area contributed by atoms with Gasteiger partial charge in [0.25, 0.3) is 5.91 Å². The fraction of sp³-hybridized carbons (Fsp3) is 0.333. The third-order valence-corrected chi connectivity index (χ3v) is 3.40. The lowest BCUT2D eigenvalue weighted by atomic mass is 10.1. The van der Waals surface area contributed by atoms with Crippen LogP contribution in [0.25, 0.3) is 0 Å². The number of rotatable bonds is 4. The Bertz CT molecular complexity index is 677. The second-order valence-electron chi connectivity index (χ2n) is 4.69. The minimum atomic E-state index is -0.242. The average molecular weight is 289 g/mol. The van der Waals surface area contributed by atoms with Gasteiger partial charge in [-0.05, 0) is 26.0 Å². The number of anilines is 1. The smallest absolute Gasteiger partial charge is 0.259 e. The van der Waals surface area contributed by atoms with Crippen LogP contribution in [0, 0.1) is 13.8 Å². The third-order valence-electron chi connectivity index (χ3n) is 3.40. The summed E-state index contributed by atoms with van der Waals surface area (Å²) in [5, 5.41) is 7.16. The molecule has 0 aliphatic heterocycles. The van der Waals surface area contributed by atoms with Gasteiger partial charge in [0.2, 0.25) is 0 Å². The number of benzene rings is 1. The lowest BCUT2D eigenvalue weighted by molar-refractivity contribution is 0.102. The predicted molar refractivity (Wildman–Crippen MR) is 80.2 cm³/mol. The first kappa shape index (κ1) is 14.9. The first-order chi connectivity index (χ1) is 9.97. The van der Waals surface area contributed by atoms with Crippen LogP contribution in [-0.4, -0.2) is 29.9 Å². The summed E-state index contributed by atoms with van der Waals surface area (Å²) in [5.41, 5.74) is 2.84. The molecule has 1 heterocycles. The Kier molecular flexibility index (Phi) is 4.16. The van der Waals surface area contributed by atoms with Crippen molar-refractivity contribution in [2.45, 2.75) is 13.8 Å². The van der Waals surface area contributed by atoms with Crippen molar-refractivity contribution >= 4 is 11.6 Å². The van der Waals surface area contributed by atoms with Gasteiger partial charge in [0, 0.05) is 13.1 Å². The Hall–Kier alpha value is -2.50. The Balaban J connectivity index is 2.32. The van der Waals surface area contributed by atoms with Gasteiger partial charge in [-0.1, -0.05) is 0 Å². The van der Waals surface area contributed by atoms with Gasteiger partial charge >= 0.3 is 0 Å². The van der Waals surface area contributed by atoms with E-state index >= 15 is 0 Å². The number of ether oxygens (including phenoxy) is 2. The first-order valence-electron chi connectivity index (χ1n) is 6.51. The number of amides is 1. The van der Waals surface area contributed by atoms with Crippen LogP contribution in [0.15, 0.2) is 18.2 Å². The van der Waals surface area contributed by atoms with Gasteiger partial charge in [-0.15, -0.1) is 0 Å². The van der Waals surface area contributed by atoms with Gasteiger partial charge in [-0.3, -0.25) is 9.48 Å². The summed E-state index contributed by atoms with van der Waals surface area (Å²) in [6.45, 7) is 3.76. The lowest BCUT2D eigenvalue weighted by Gasteiger charge is -2.11. The maximum Gasteiger partial charge on any atom is 0.259 e. The molecule has 6 nitrogen and oxygen atoms in total. The second kappa shape index (κ2) is 5.87. The van der Waals surface area contributed by atoms with Crippen molar-refractivity contribution in [2.75, 3.05) is 19.5 Å². The van der Waals surface area contributed by atoms with Gasteiger partial charge in [0.15, 0.2) is 0 Å². The first-order valence-corrected chi connectivity index (χ1v) is 6.51. The highest BCUT2D eigenvalue weighted by Gasteiger charge is 2.17. The fourth-order valence-corrected chi connectivity index (χ4v) is 2.12. The molecular formula is C15H19N3O3. The third kappa shape index (κ3) is 2.84. The molecule has 0 aliphatic carbocycles. The van der Waals surface area contributed by atoms with E-state index in [-0.39, 0.29) is 5.91 Å². The molecule has 0 saturated carbocycles. The number of hydrogen-bond acceptors (Lipinski definition) is 4. The molecule has 21 heavy (non-hydrogen) atoms. The highest BCUT2D eigenvalue weighted by atomic mass is 16.5. The van der Waals surface area contributed by atoms with E-state index in [2.05, 4.69) is 10.4 Å². The number of hydrogen-bond donors (Lipinski definition) is 1. The van der Waals surface area contributed by atoms with Crippen LogP contribution in [0.4, 0.5) is 5.69 Å². The molecule has 1 N–H and O–H groups in total. The number of methoxy groups -OCH3 is 2. The number of aryl methyl sites for hydroxylation is 2. The minimum absolute atomic E-state index is 0.242. The molecule has 6 heteroatoms.